The van der Waals surface area contributed by atoms with Crippen LogP contribution in [0.1, 0.15) is 22.9 Å². The van der Waals surface area contributed by atoms with Crippen LogP contribution in [0.15, 0.2) is 88.6 Å². The summed E-state index contributed by atoms with van der Waals surface area (Å²) in [6.45, 7) is 0.0478. The first kappa shape index (κ1) is 25.4. The summed E-state index contributed by atoms with van der Waals surface area (Å²) in [7, 11) is -4.27. The number of nitrogens with one attached hydrogen (secondary N) is 2. The normalized spacial score (nSPS) is 15.6. The van der Waals surface area contributed by atoms with Crippen LogP contribution in [0, 0.1) is 5.82 Å². The maximum Gasteiger partial charge on any atom is 0.276 e. The van der Waals surface area contributed by atoms with Crippen molar-refractivity contribution in [1.29, 1.82) is 0 Å². The number of nitrogens with zero attached hydrogens (tertiary/aromatic N) is 2. The molecule has 3 aromatic carbocycles. The molecule has 0 saturated carbocycles. The van der Waals surface area contributed by atoms with Crippen molar-refractivity contribution in [1.82, 2.24) is 19.6 Å². The minimum absolute atomic E-state index is 0.0607. The number of aromatic nitrogens is 2. The fourth-order valence-electron chi connectivity index (χ4n) is 4.39. The van der Waals surface area contributed by atoms with Crippen LogP contribution in [-0.4, -0.2) is 40.2 Å². The molecule has 1 aliphatic heterocycles. The summed E-state index contributed by atoms with van der Waals surface area (Å²) in [5.74, 6) is -1.03. The number of rotatable bonds is 7. The number of carbonyl (C=O) groups excluding carboxylic acids is 1. The maximum absolute atomic E-state index is 13.6. The Morgan fingerprint density at radius 2 is 1.74 bits per heavy atom. The highest BCUT2D eigenvalue weighted by molar-refractivity contribution is 7.89. The first-order valence-electron chi connectivity index (χ1n) is 11.6. The van der Waals surface area contributed by atoms with Gasteiger partial charge in [-0.05, 0) is 54.1 Å². The van der Waals surface area contributed by atoms with Crippen molar-refractivity contribution in [2.45, 2.75) is 24.0 Å². The van der Waals surface area contributed by atoms with E-state index in [9.17, 15) is 27.6 Å². The van der Waals surface area contributed by atoms with Crippen LogP contribution in [0.4, 0.5) is 4.39 Å². The Morgan fingerprint density at radius 1 is 1.05 bits per heavy atom. The van der Waals surface area contributed by atoms with Crippen LogP contribution in [0.5, 0.6) is 5.75 Å². The number of H-pyrrole nitrogens is 1. The SMILES string of the molecule is O=C(NO)C1c2c([nH]n(-c3ccccc3)c2=O)CCN1S(=O)(=O)c1ccc(OCc2ccc(F)cc2)cc1. The number of ether oxygens (including phenoxy) is 1. The Bertz CT molecular complexity index is 1620. The molecule has 38 heavy (non-hydrogen) atoms. The molecular formula is C26H23FN4O6S. The molecule has 12 heteroatoms. The second-order valence-corrected chi connectivity index (χ2v) is 10.5. The Balaban J connectivity index is 1.43. The van der Waals surface area contributed by atoms with Crippen molar-refractivity contribution in [2.24, 2.45) is 0 Å². The third-order valence-electron chi connectivity index (χ3n) is 6.27. The standard InChI is InChI=1S/C26H23FN4O6S/c27-18-8-6-17(7-9-18)16-37-20-10-12-21(13-11-20)38(35,36)30-15-14-22-23(24(30)25(32)29-34)26(33)31(28-22)19-4-2-1-3-5-19/h1-13,24,28,34H,14-16H2,(H,29,32). The van der Waals surface area contributed by atoms with Crippen LogP contribution in [0.3, 0.4) is 0 Å². The van der Waals surface area contributed by atoms with Crippen molar-refractivity contribution in [3.8, 4) is 11.4 Å². The molecule has 1 aliphatic rings. The van der Waals surface area contributed by atoms with Gasteiger partial charge in [-0.25, -0.2) is 23.0 Å². The van der Waals surface area contributed by atoms with Gasteiger partial charge in [0.15, 0.2) is 0 Å². The quantitative estimate of drug-likeness (QED) is 0.245. The van der Waals surface area contributed by atoms with E-state index in [0.29, 0.717) is 17.1 Å². The molecule has 0 saturated heterocycles. The van der Waals surface area contributed by atoms with Gasteiger partial charge in [0, 0.05) is 18.7 Å². The molecule has 0 bridgehead atoms. The number of hydroxylamine groups is 1. The van der Waals surface area contributed by atoms with E-state index in [2.05, 4.69) is 5.10 Å². The largest absolute Gasteiger partial charge is 0.489 e. The lowest BCUT2D eigenvalue weighted by atomic mass is 10.0. The lowest BCUT2D eigenvalue weighted by Gasteiger charge is -2.32. The molecule has 2 heterocycles. The molecule has 10 nitrogen and oxygen atoms in total. The molecule has 0 spiro atoms. The lowest BCUT2D eigenvalue weighted by molar-refractivity contribution is -0.133. The Labute approximate surface area is 216 Å². The highest BCUT2D eigenvalue weighted by Gasteiger charge is 2.43. The molecule has 1 aromatic heterocycles. The van der Waals surface area contributed by atoms with E-state index in [1.165, 1.54) is 46.6 Å². The fraction of sp³-hybridized carbons (Fsp3) is 0.154. The van der Waals surface area contributed by atoms with Crippen LogP contribution < -0.4 is 15.8 Å². The number of aromatic amines is 1. The summed E-state index contributed by atoms with van der Waals surface area (Å²) >= 11 is 0. The summed E-state index contributed by atoms with van der Waals surface area (Å²) in [5, 5.41) is 12.4. The molecule has 4 aromatic rings. The average Bonchev–Trinajstić information content (AvgIpc) is 3.28. The van der Waals surface area contributed by atoms with E-state index in [4.69, 9.17) is 4.74 Å². The van der Waals surface area contributed by atoms with Gasteiger partial charge in [0.1, 0.15) is 24.2 Å². The maximum atomic E-state index is 13.6. The Kier molecular flexibility index (Phi) is 6.85. The molecule has 1 amide bonds. The van der Waals surface area contributed by atoms with Crippen molar-refractivity contribution in [2.75, 3.05) is 6.54 Å². The minimum atomic E-state index is -4.27. The van der Waals surface area contributed by atoms with Crippen molar-refractivity contribution in [3.05, 3.63) is 112 Å². The predicted octanol–water partition coefficient (Wildman–Crippen LogP) is 2.68. The summed E-state index contributed by atoms with van der Waals surface area (Å²) in [4.78, 5) is 25.9. The highest BCUT2D eigenvalue weighted by Crippen LogP contribution is 2.33. The van der Waals surface area contributed by atoms with Gasteiger partial charge in [0.25, 0.3) is 11.5 Å². The third kappa shape index (κ3) is 4.72. The molecule has 1 atom stereocenters. The topological polar surface area (TPSA) is 134 Å². The number of hydrogen-bond acceptors (Lipinski definition) is 6. The first-order valence-corrected chi connectivity index (χ1v) is 13.1. The van der Waals surface area contributed by atoms with E-state index < -0.39 is 27.5 Å². The van der Waals surface area contributed by atoms with Gasteiger partial charge >= 0.3 is 0 Å². The fourth-order valence-corrected chi connectivity index (χ4v) is 5.96. The second kappa shape index (κ2) is 10.2. The number of hydrogen-bond donors (Lipinski definition) is 3. The van der Waals surface area contributed by atoms with Gasteiger partial charge in [-0.15, -0.1) is 0 Å². The van der Waals surface area contributed by atoms with Gasteiger partial charge in [-0.3, -0.25) is 19.9 Å². The van der Waals surface area contributed by atoms with Crippen LogP contribution in [0.2, 0.25) is 0 Å². The molecule has 196 valence electrons. The zero-order chi connectivity index (χ0) is 26.9. The monoisotopic (exact) mass is 538 g/mol. The predicted molar refractivity (Wildman–Crippen MR) is 134 cm³/mol. The van der Waals surface area contributed by atoms with Crippen molar-refractivity contribution < 1.29 is 27.5 Å². The summed E-state index contributed by atoms with van der Waals surface area (Å²) in [6, 6.07) is 18.4. The second-order valence-electron chi connectivity index (χ2n) is 8.61. The van der Waals surface area contributed by atoms with E-state index in [1.807, 2.05) is 0 Å². The van der Waals surface area contributed by atoms with E-state index in [1.54, 1.807) is 42.5 Å². The average molecular weight is 539 g/mol. The number of amides is 1. The Hall–Kier alpha value is -4.26. The van der Waals surface area contributed by atoms with Gasteiger partial charge in [0.2, 0.25) is 10.0 Å². The molecule has 1 unspecified atom stereocenters. The van der Waals surface area contributed by atoms with Crippen molar-refractivity contribution in [3.63, 3.8) is 0 Å². The molecular weight excluding hydrogens is 515 g/mol. The van der Waals surface area contributed by atoms with E-state index in [0.717, 1.165) is 9.87 Å². The summed E-state index contributed by atoms with van der Waals surface area (Å²) < 4.78 is 48.1. The molecule has 0 radical (unpaired) electrons. The zero-order valence-corrected chi connectivity index (χ0v) is 20.7. The zero-order valence-electron chi connectivity index (χ0n) is 19.9. The van der Waals surface area contributed by atoms with Gasteiger partial charge < -0.3 is 4.74 Å². The molecule has 0 aliphatic carbocycles. The van der Waals surface area contributed by atoms with E-state index in [-0.39, 0.29) is 35.8 Å². The number of carbonyl (C=O) groups is 1. The number of benzene rings is 3. The lowest BCUT2D eigenvalue weighted by Crippen LogP contribution is -2.48. The minimum Gasteiger partial charge on any atom is -0.489 e. The molecule has 0 fully saturated rings. The van der Waals surface area contributed by atoms with Crippen molar-refractivity contribution >= 4 is 15.9 Å². The Morgan fingerprint density at radius 3 is 2.39 bits per heavy atom. The highest BCUT2D eigenvalue weighted by atomic mass is 32.2. The van der Waals surface area contributed by atoms with E-state index >= 15 is 0 Å². The van der Waals surface area contributed by atoms with Crippen LogP contribution >= 0.6 is 0 Å². The third-order valence-corrected chi connectivity index (χ3v) is 8.15. The summed E-state index contributed by atoms with van der Waals surface area (Å²) in [5.41, 5.74) is 2.50. The number of sulfonamides is 1. The molecule has 3 N–H and O–H groups in total. The van der Waals surface area contributed by atoms with Gasteiger partial charge in [-0.1, -0.05) is 30.3 Å². The smallest absolute Gasteiger partial charge is 0.276 e. The van der Waals surface area contributed by atoms with Gasteiger partial charge in [0.05, 0.1) is 16.1 Å². The number of fused-ring (bicyclic) bond motifs is 1. The number of halogens is 1. The van der Waals surface area contributed by atoms with Gasteiger partial charge in [-0.2, -0.15) is 4.31 Å². The van der Waals surface area contributed by atoms with Crippen LogP contribution in [-0.2, 0) is 27.8 Å². The van der Waals surface area contributed by atoms with Crippen LogP contribution in [0.25, 0.3) is 5.69 Å². The number of para-hydroxylation sites is 1. The molecule has 5 rings (SSSR count). The summed E-state index contributed by atoms with van der Waals surface area (Å²) in [6.07, 6.45) is 0.151. The first-order chi connectivity index (χ1) is 18.3.